The van der Waals surface area contributed by atoms with Crippen LogP contribution in [-0.2, 0) is 53.6 Å². The molecule has 2 amide bonds. The van der Waals surface area contributed by atoms with Gasteiger partial charge in [0.2, 0.25) is 15.9 Å². The van der Waals surface area contributed by atoms with E-state index in [4.69, 9.17) is 14.6 Å². The van der Waals surface area contributed by atoms with Gasteiger partial charge in [0, 0.05) is 32.2 Å². The molecule has 0 radical (unpaired) electrons. The number of benzene rings is 2. The van der Waals surface area contributed by atoms with Crippen LogP contribution >= 0.6 is 0 Å². The number of hydrogen-bond donors (Lipinski definition) is 5. The van der Waals surface area contributed by atoms with Crippen molar-refractivity contribution in [1.29, 1.82) is 0 Å². The first kappa shape index (κ1) is 51.2. The van der Waals surface area contributed by atoms with E-state index in [1.807, 2.05) is 45.0 Å². The van der Waals surface area contributed by atoms with E-state index in [9.17, 15) is 53.5 Å². The van der Waals surface area contributed by atoms with E-state index in [1.54, 1.807) is 0 Å². The second-order valence-electron chi connectivity index (χ2n) is 14.3. The quantitative estimate of drug-likeness (QED) is 0.119. The van der Waals surface area contributed by atoms with Crippen LogP contribution in [-0.4, -0.2) is 117 Å². The first-order valence-corrected chi connectivity index (χ1v) is 22.7. The third kappa shape index (κ3) is 18.5. The lowest BCUT2D eigenvalue weighted by molar-refractivity contribution is -0.192. The van der Waals surface area contributed by atoms with Crippen molar-refractivity contribution in [3.8, 4) is 0 Å². The smallest absolute Gasteiger partial charge is 0.475 e. The van der Waals surface area contributed by atoms with Crippen molar-refractivity contribution in [2.75, 3.05) is 31.6 Å². The van der Waals surface area contributed by atoms with E-state index >= 15 is 0 Å². The molecule has 1 heterocycles. The molecule has 0 saturated carbocycles. The zero-order chi connectivity index (χ0) is 44.6. The van der Waals surface area contributed by atoms with E-state index in [0.29, 0.717) is 38.3 Å². The number of carboxylic acid groups (broad SMARTS) is 1. The van der Waals surface area contributed by atoms with Crippen LogP contribution in [0.25, 0.3) is 0 Å². The molecule has 0 bridgehead atoms. The molecule has 59 heavy (non-hydrogen) atoms. The largest absolute Gasteiger partial charge is 0.490 e. The maximum Gasteiger partial charge on any atom is 0.490 e. The Morgan fingerprint density at radius 1 is 0.898 bits per heavy atom. The van der Waals surface area contributed by atoms with Crippen LogP contribution in [0.1, 0.15) is 76.0 Å². The minimum atomic E-state index is -5.08. The summed E-state index contributed by atoms with van der Waals surface area (Å²) in [5.74, 6) is -6.15. The molecule has 14 nitrogen and oxygen atoms in total. The Hall–Kier alpha value is -3.92. The fourth-order valence-electron chi connectivity index (χ4n) is 6.32. The molecule has 0 unspecified atom stereocenters. The van der Waals surface area contributed by atoms with Crippen LogP contribution < -0.4 is 16.0 Å². The van der Waals surface area contributed by atoms with E-state index < -0.39 is 90.9 Å². The van der Waals surface area contributed by atoms with Gasteiger partial charge in [0.05, 0.1) is 29.4 Å². The molecule has 5 N–H and O–H groups in total. The summed E-state index contributed by atoms with van der Waals surface area (Å²) >= 11 is 0. The number of alkyl halides is 3. The molecule has 3 atom stereocenters. The number of carbonyl (C=O) groups excluding carboxylic acids is 2. The predicted octanol–water partition coefficient (Wildman–Crippen LogP) is 4.24. The molecule has 1 aliphatic rings. The molecule has 21 heteroatoms. The molecule has 2 aromatic carbocycles. The monoisotopic (exact) mass is 886 g/mol. The predicted molar refractivity (Wildman–Crippen MR) is 209 cm³/mol. The SMILES string of the molecule is CCCC(CCC)S(=O)(=O)C[C@H](NC(=O)OC1CCN(S(C)(=O)=O)CC1)C(=O)N[C@@H](Cc1cc(F)cc(F)c1)[C@H](O)CNCc1cccc(CC)c1.O=C(O)C(F)(F)F. The van der Waals surface area contributed by atoms with Crippen LogP contribution in [0, 0.1) is 11.6 Å². The number of aliphatic hydroxyl groups is 1. The second-order valence-corrected chi connectivity index (χ2v) is 18.6. The zero-order valence-electron chi connectivity index (χ0n) is 33.4. The molecule has 1 saturated heterocycles. The Balaban J connectivity index is 0.00000157. The van der Waals surface area contributed by atoms with Crippen molar-refractivity contribution in [2.24, 2.45) is 0 Å². The summed E-state index contributed by atoms with van der Waals surface area (Å²) in [6.45, 7) is 6.33. The van der Waals surface area contributed by atoms with Crippen LogP contribution in [0.2, 0.25) is 0 Å². The average molecular weight is 887 g/mol. The highest BCUT2D eigenvalue weighted by molar-refractivity contribution is 7.92. The summed E-state index contributed by atoms with van der Waals surface area (Å²) < 4.78 is 118. The number of alkyl carbamates (subject to hydrolysis) is 1. The van der Waals surface area contributed by atoms with E-state index in [0.717, 1.165) is 35.9 Å². The number of hydrogen-bond acceptors (Lipinski definition) is 10. The molecule has 0 spiro atoms. The number of halogens is 5. The van der Waals surface area contributed by atoms with Crippen molar-refractivity contribution >= 4 is 37.8 Å². The maximum atomic E-state index is 14.2. The molecule has 334 valence electrons. The van der Waals surface area contributed by atoms with Crippen LogP contribution in [0.3, 0.4) is 0 Å². The normalized spacial score (nSPS) is 15.7. The van der Waals surface area contributed by atoms with Gasteiger partial charge < -0.3 is 30.9 Å². The number of sulfone groups is 1. The molecule has 1 fully saturated rings. The first-order valence-electron chi connectivity index (χ1n) is 19.1. The van der Waals surface area contributed by atoms with Gasteiger partial charge in [-0.3, -0.25) is 4.79 Å². The molecule has 2 aromatic rings. The standard InChI is InChI=1S/C36H54F2N4O8S2.C2HF3O2/c1-5-9-31(10-6-2)52(48,49)24-33(41-36(45)50-30-13-15-42(16-14-30)51(4,46)47)35(44)40-32(20-27-18-28(37)21-29(38)19-27)34(43)23-39-22-26-12-8-11-25(7-3)17-26;3-2(4,5)1(6)7/h8,11-12,17-19,21,30-34,39,43H,5-7,9-10,13-16,20,22-24H2,1-4H3,(H,40,44)(H,41,45);(H,6,7)/t32-,33-,34+;/m0./s1. The van der Waals surface area contributed by atoms with Gasteiger partial charge >= 0.3 is 18.2 Å². The Labute approximate surface area is 342 Å². The number of ether oxygens (including phenoxy) is 1. The highest BCUT2D eigenvalue weighted by Gasteiger charge is 2.38. The number of nitrogens with zero attached hydrogens (tertiary/aromatic N) is 1. The van der Waals surface area contributed by atoms with Gasteiger partial charge in [-0.15, -0.1) is 0 Å². The summed E-state index contributed by atoms with van der Waals surface area (Å²) in [7, 11) is -7.37. The molecule has 1 aliphatic heterocycles. The Bertz CT molecular complexity index is 1870. The Morgan fingerprint density at radius 3 is 1.97 bits per heavy atom. The summed E-state index contributed by atoms with van der Waals surface area (Å²) in [4.78, 5) is 36.0. The number of sulfonamides is 1. The fourth-order valence-corrected chi connectivity index (χ4v) is 9.36. The lowest BCUT2D eigenvalue weighted by atomic mass is 10.00. The minimum absolute atomic E-state index is 0.0429. The van der Waals surface area contributed by atoms with Crippen molar-refractivity contribution in [3.63, 3.8) is 0 Å². The van der Waals surface area contributed by atoms with Gasteiger partial charge in [-0.05, 0) is 67.3 Å². The summed E-state index contributed by atoms with van der Waals surface area (Å²) in [5, 5.41) is 25.9. The third-order valence-corrected chi connectivity index (χ3v) is 13.0. The Morgan fingerprint density at radius 2 is 1.46 bits per heavy atom. The number of carboxylic acids is 1. The number of nitrogens with one attached hydrogen (secondary N) is 3. The number of aryl methyl sites for hydroxylation is 1. The number of aliphatic hydroxyl groups excluding tert-OH is 1. The van der Waals surface area contributed by atoms with Crippen LogP contribution in [0.15, 0.2) is 42.5 Å². The third-order valence-electron chi connectivity index (χ3n) is 9.38. The molecule has 0 aliphatic carbocycles. The number of rotatable bonds is 20. The van der Waals surface area contributed by atoms with Gasteiger partial charge in [0.1, 0.15) is 23.8 Å². The van der Waals surface area contributed by atoms with Crippen molar-refractivity contribution < 1.29 is 68.1 Å². The topological polar surface area (TPSA) is 209 Å². The molecular formula is C38H55F5N4O10S2. The van der Waals surface area contributed by atoms with Crippen LogP contribution in [0.5, 0.6) is 0 Å². The summed E-state index contributed by atoms with van der Waals surface area (Å²) in [5.41, 5.74) is 2.23. The van der Waals surface area contributed by atoms with Gasteiger partial charge in [-0.2, -0.15) is 13.2 Å². The second kappa shape index (κ2) is 23.8. The number of amides is 2. The highest BCUT2D eigenvalue weighted by atomic mass is 32.2. The summed E-state index contributed by atoms with van der Waals surface area (Å²) in [6.07, 6.45) is -4.12. The number of piperidine rings is 1. The maximum absolute atomic E-state index is 14.2. The van der Waals surface area contributed by atoms with Gasteiger partial charge in [0.15, 0.2) is 9.84 Å². The van der Waals surface area contributed by atoms with E-state index in [1.165, 1.54) is 4.31 Å². The van der Waals surface area contributed by atoms with Crippen molar-refractivity contribution in [1.82, 2.24) is 20.3 Å². The first-order chi connectivity index (χ1) is 27.5. The lowest BCUT2D eigenvalue weighted by Gasteiger charge is -2.31. The zero-order valence-corrected chi connectivity index (χ0v) is 35.1. The van der Waals surface area contributed by atoms with Gasteiger partial charge in [-0.1, -0.05) is 57.9 Å². The van der Waals surface area contributed by atoms with Crippen molar-refractivity contribution in [3.05, 3.63) is 70.8 Å². The van der Waals surface area contributed by atoms with E-state index in [2.05, 4.69) is 16.0 Å². The highest BCUT2D eigenvalue weighted by Crippen LogP contribution is 2.20. The molecule has 0 aromatic heterocycles. The molecule has 3 rings (SSSR count). The Kier molecular flexibility index (Phi) is 20.6. The minimum Gasteiger partial charge on any atom is -0.475 e. The number of carbonyl (C=O) groups is 3. The molecular weight excluding hydrogens is 832 g/mol. The van der Waals surface area contributed by atoms with E-state index in [-0.39, 0.29) is 44.5 Å². The van der Waals surface area contributed by atoms with Gasteiger partial charge in [0.25, 0.3) is 0 Å². The average Bonchev–Trinajstić information content (AvgIpc) is 3.13. The fraction of sp³-hybridized carbons (Fsp3) is 0.605. The van der Waals surface area contributed by atoms with Crippen molar-refractivity contribution in [2.45, 2.75) is 114 Å². The van der Waals surface area contributed by atoms with Gasteiger partial charge in [-0.25, -0.2) is 39.5 Å². The lowest BCUT2D eigenvalue weighted by Crippen LogP contribution is -2.57. The number of aliphatic carboxylic acids is 1. The van der Waals surface area contributed by atoms with Crippen LogP contribution in [0.4, 0.5) is 26.7 Å². The summed E-state index contributed by atoms with van der Waals surface area (Å²) in [6, 6.07) is 7.90.